The highest BCUT2D eigenvalue weighted by Crippen LogP contribution is 2.17. The molecule has 0 aliphatic carbocycles. The van der Waals surface area contributed by atoms with E-state index < -0.39 is 6.04 Å². The van der Waals surface area contributed by atoms with Crippen LogP contribution < -0.4 is 10.6 Å². The number of benzene rings is 1. The standard InChI is InChI=1S/C23H36N2O2/c1-4-5-6-7-8-9-10-14-17-22(26)25(20-15-12-11-13-16-20)23(27)21(24)18-19(2)3/h11-17,19,21H,4-10,18,24H2,1-3H3/t21-/m0/s1. The zero-order valence-electron chi connectivity index (χ0n) is 17.2. The quantitative estimate of drug-likeness (QED) is 0.404. The summed E-state index contributed by atoms with van der Waals surface area (Å²) in [5.74, 6) is -0.375. The van der Waals surface area contributed by atoms with Gasteiger partial charge in [0.1, 0.15) is 0 Å². The molecule has 4 nitrogen and oxygen atoms in total. The highest BCUT2D eigenvalue weighted by atomic mass is 16.2. The maximum absolute atomic E-state index is 12.8. The molecule has 0 radical (unpaired) electrons. The fraction of sp³-hybridized carbons (Fsp3) is 0.565. The van der Waals surface area contributed by atoms with Gasteiger partial charge in [0.2, 0.25) is 0 Å². The monoisotopic (exact) mass is 372 g/mol. The number of imide groups is 1. The first-order chi connectivity index (χ1) is 13.0. The van der Waals surface area contributed by atoms with Crippen LogP contribution in [0.2, 0.25) is 0 Å². The molecule has 0 aromatic heterocycles. The lowest BCUT2D eigenvalue weighted by atomic mass is 10.0. The van der Waals surface area contributed by atoms with Gasteiger partial charge in [-0.25, -0.2) is 4.90 Å². The van der Waals surface area contributed by atoms with Crippen molar-refractivity contribution in [2.24, 2.45) is 11.7 Å². The van der Waals surface area contributed by atoms with Crippen LogP contribution in [0.4, 0.5) is 5.69 Å². The van der Waals surface area contributed by atoms with Crippen LogP contribution >= 0.6 is 0 Å². The molecule has 0 fully saturated rings. The topological polar surface area (TPSA) is 63.4 Å². The first-order valence-electron chi connectivity index (χ1n) is 10.3. The van der Waals surface area contributed by atoms with Crippen LogP contribution in [-0.4, -0.2) is 17.9 Å². The molecule has 0 aliphatic heterocycles. The second-order valence-corrected chi connectivity index (χ2v) is 7.54. The Morgan fingerprint density at radius 2 is 1.67 bits per heavy atom. The van der Waals surface area contributed by atoms with E-state index in [1.807, 2.05) is 38.1 Å². The van der Waals surface area contributed by atoms with Crippen LogP contribution in [0.1, 0.15) is 72.1 Å². The summed E-state index contributed by atoms with van der Waals surface area (Å²) < 4.78 is 0. The van der Waals surface area contributed by atoms with Crippen LogP contribution in [-0.2, 0) is 9.59 Å². The van der Waals surface area contributed by atoms with Gasteiger partial charge in [0, 0.05) is 0 Å². The third-order valence-corrected chi connectivity index (χ3v) is 4.48. The summed E-state index contributed by atoms with van der Waals surface area (Å²) in [5.41, 5.74) is 6.63. The zero-order chi connectivity index (χ0) is 20.1. The van der Waals surface area contributed by atoms with E-state index in [1.54, 1.807) is 12.1 Å². The number of unbranched alkanes of at least 4 members (excludes halogenated alkanes) is 6. The maximum atomic E-state index is 12.8. The zero-order valence-corrected chi connectivity index (χ0v) is 17.2. The first-order valence-corrected chi connectivity index (χ1v) is 10.3. The third-order valence-electron chi connectivity index (χ3n) is 4.48. The minimum atomic E-state index is -0.680. The average Bonchev–Trinajstić information content (AvgIpc) is 2.64. The number of anilines is 1. The van der Waals surface area contributed by atoms with Crippen LogP contribution in [0.5, 0.6) is 0 Å². The number of hydrogen-bond acceptors (Lipinski definition) is 3. The van der Waals surface area contributed by atoms with Crippen molar-refractivity contribution in [3.63, 3.8) is 0 Å². The number of nitrogens with zero attached hydrogens (tertiary/aromatic N) is 1. The molecule has 1 atom stereocenters. The summed E-state index contributed by atoms with van der Waals surface area (Å²) in [4.78, 5) is 26.7. The summed E-state index contributed by atoms with van der Waals surface area (Å²) >= 11 is 0. The number of para-hydroxylation sites is 1. The molecule has 2 N–H and O–H groups in total. The van der Waals surface area contributed by atoms with Crippen molar-refractivity contribution in [1.29, 1.82) is 0 Å². The van der Waals surface area contributed by atoms with Crippen molar-refractivity contribution in [2.45, 2.75) is 78.2 Å². The SMILES string of the molecule is CCCCCCCCC=CC(=O)N(C(=O)[C@@H](N)CC(C)C)c1ccccc1. The Kier molecular flexibility index (Phi) is 11.3. The van der Waals surface area contributed by atoms with E-state index >= 15 is 0 Å². The smallest absolute Gasteiger partial charge is 0.257 e. The number of hydrogen-bond donors (Lipinski definition) is 1. The summed E-state index contributed by atoms with van der Waals surface area (Å²) in [7, 11) is 0. The fourth-order valence-corrected chi connectivity index (χ4v) is 3.02. The van der Waals surface area contributed by atoms with Crippen LogP contribution in [0.3, 0.4) is 0 Å². The van der Waals surface area contributed by atoms with Gasteiger partial charge in [0.25, 0.3) is 11.8 Å². The van der Waals surface area contributed by atoms with E-state index in [4.69, 9.17) is 5.73 Å². The fourth-order valence-electron chi connectivity index (χ4n) is 3.02. The Morgan fingerprint density at radius 1 is 1.04 bits per heavy atom. The molecule has 0 heterocycles. The van der Waals surface area contributed by atoms with E-state index in [9.17, 15) is 9.59 Å². The van der Waals surface area contributed by atoms with Crippen molar-refractivity contribution < 1.29 is 9.59 Å². The van der Waals surface area contributed by atoms with Gasteiger partial charge in [-0.1, -0.05) is 77.2 Å². The lowest BCUT2D eigenvalue weighted by molar-refractivity contribution is -0.125. The van der Waals surface area contributed by atoms with E-state index in [0.29, 0.717) is 18.0 Å². The maximum Gasteiger partial charge on any atom is 0.257 e. The lowest BCUT2D eigenvalue weighted by Gasteiger charge is -2.24. The number of amides is 2. The molecular formula is C23H36N2O2. The summed E-state index contributed by atoms with van der Waals surface area (Å²) in [5, 5.41) is 0. The second kappa shape index (κ2) is 13.3. The van der Waals surface area contributed by atoms with Crippen LogP contribution in [0, 0.1) is 5.92 Å². The van der Waals surface area contributed by atoms with Crippen LogP contribution in [0.25, 0.3) is 0 Å². The van der Waals surface area contributed by atoms with Gasteiger partial charge in [0.15, 0.2) is 0 Å². The Hall–Kier alpha value is -1.94. The normalized spacial score (nSPS) is 12.5. The number of carbonyl (C=O) groups is 2. The molecule has 1 aromatic carbocycles. The van der Waals surface area contributed by atoms with Gasteiger partial charge < -0.3 is 5.73 Å². The molecule has 0 unspecified atom stereocenters. The summed E-state index contributed by atoms with van der Waals surface area (Å²) in [6.45, 7) is 6.24. The van der Waals surface area contributed by atoms with Gasteiger partial charge in [-0.3, -0.25) is 9.59 Å². The second-order valence-electron chi connectivity index (χ2n) is 7.54. The van der Waals surface area contributed by atoms with Gasteiger partial charge in [-0.05, 0) is 43.4 Å². The molecule has 0 bridgehead atoms. The summed E-state index contributed by atoms with van der Waals surface area (Å²) in [6, 6.07) is 8.34. The van der Waals surface area contributed by atoms with Gasteiger partial charge in [0.05, 0.1) is 11.7 Å². The van der Waals surface area contributed by atoms with Crippen molar-refractivity contribution >= 4 is 17.5 Å². The van der Waals surface area contributed by atoms with Gasteiger partial charge in [-0.15, -0.1) is 0 Å². The molecule has 0 aliphatic rings. The van der Waals surface area contributed by atoms with Crippen molar-refractivity contribution in [1.82, 2.24) is 0 Å². The molecule has 2 amide bonds. The largest absolute Gasteiger partial charge is 0.320 e. The lowest BCUT2D eigenvalue weighted by Crippen LogP contribution is -2.47. The molecule has 1 rings (SSSR count). The predicted octanol–water partition coefficient (Wildman–Crippen LogP) is 5.23. The highest BCUT2D eigenvalue weighted by Gasteiger charge is 2.27. The highest BCUT2D eigenvalue weighted by molar-refractivity contribution is 6.20. The van der Waals surface area contributed by atoms with Gasteiger partial charge >= 0.3 is 0 Å². The molecular weight excluding hydrogens is 336 g/mol. The minimum Gasteiger partial charge on any atom is -0.320 e. The Bertz CT molecular complexity index is 581. The first kappa shape index (κ1) is 23.1. The Morgan fingerprint density at radius 3 is 2.30 bits per heavy atom. The third kappa shape index (κ3) is 9.00. The van der Waals surface area contributed by atoms with Crippen LogP contribution in [0.15, 0.2) is 42.5 Å². The molecule has 27 heavy (non-hydrogen) atoms. The molecule has 4 heteroatoms. The summed E-state index contributed by atoms with van der Waals surface area (Å²) in [6.07, 6.45) is 12.1. The minimum absolute atomic E-state index is 0.292. The van der Waals surface area contributed by atoms with Gasteiger partial charge in [-0.2, -0.15) is 0 Å². The Balaban J connectivity index is 2.68. The van der Waals surface area contributed by atoms with Crippen molar-refractivity contribution in [2.75, 3.05) is 4.90 Å². The van der Waals surface area contributed by atoms with Crippen molar-refractivity contribution in [3.05, 3.63) is 42.5 Å². The van der Waals surface area contributed by atoms with E-state index in [-0.39, 0.29) is 11.8 Å². The Labute approximate surface area is 164 Å². The number of allylic oxidation sites excluding steroid dienone is 1. The number of nitrogens with two attached hydrogens (primary N) is 1. The van der Waals surface area contributed by atoms with E-state index in [0.717, 1.165) is 12.8 Å². The predicted molar refractivity (Wildman–Crippen MR) is 113 cm³/mol. The van der Waals surface area contributed by atoms with Crippen molar-refractivity contribution in [3.8, 4) is 0 Å². The molecule has 0 saturated heterocycles. The van der Waals surface area contributed by atoms with E-state index in [1.165, 1.54) is 43.1 Å². The molecule has 0 spiro atoms. The average molecular weight is 373 g/mol. The molecule has 1 aromatic rings. The molecule has 150 valence electrons. The number of rotatable bonds is 12. The number of carbonyl (C=O) groups excluding carboxylic acids is 2. The molecule has 0 saturated carbocycles. The van der Waals surface area contributed by atoms with E-state index in [2.05, 4.69) is 6.92 Å².